The van der Waals surface area contributed by atoms with E-state index in [-0.39, 0.29) is 5.41 Å². The molecule has 2 aromatic rings. The van der Waals surface area contributed by atoms with Crippen LogP contribution < -0.4 is 0 Å². The second kappa shape index (κ2) is 5.50. The maximum Gasteiger partial charge on any atom is 0.0486 e. The predicted molar refractivity (Wildman–Crippen MR) is 87.1 cm³/mol. The summed E-state index contributed by atoms with van der Waals surface area (Å²) in [5.74, 6) is 0. The van der Waals surface area contributed by atoms with Gasteiger partial charge in [-0.15, -0.1) is 0 Å². The van der Waals surface area contributed by atoms with Gasteiger partial charge in [0.15, 0.2) is 0 Å². The lowest BCUT2D eigenvalue weighted by Gasteiger charge is -2.31. The number of halogens is 1. The van der Waals surface area contributed by atoms with Crippen molar-refractivity contribution in [2.75, 3.05) is 0 Å². The van der Waals surface area contributed by atoms with Crippen molar-refractivity contribution in [2.45, 2.75) is 37.9 Å². The van der Waals surface area contributed by atoms with Gasteiger partial charge in [-0.3, -0.25) is 0 Å². The van der Waals surface area contributed by atoms with Crippen LogP contribution in [0.2, 0.25) is 0 Å². The minimum absolute atomic E-state index is 0.0585. The SMILES string of the molecule is Cc1ccc(C(Br)C(C)(C)c2ccccc2)cc1C. The molecule has 0 nitrogen and oxygen atoms in total. The molecule has 2 rings (SSSR count). The lowest BCUT2D eigenvalue weighted by molar-refractivity contribution is 0.517. The highest BCUT2D eigenvalue weighted by Crippen LogP contribution is 2.43. The van der Waals surface area contributed by atoms with Crippen LogP contribution in [0, 0.1) is 13.8 Å². The van der Waals surface area contributed by atoms with Gasteiger partial charge in [0.2, 0.25) is 0 Å². The monoisotopic (exact) mass is 316 g/mol. The highest BCUT2D eigenvalue weighted by atomic mass is 79.9. The van der Waals surface area contributed by atoms with Crippen LogP contribution in [0.1, 0.15) is 40.9 Å². The van der Waals surface area contributed by atoms with E-state index in [2.05, 4.69) is 92.2 Å². The Labute approximate surface area is 125 Å². The molecular weight excluding hydrogens is 296 g/mol. The minimum atomic E-state index is 0.0585. The minimum Gasteiger partial charge on any atom is -0.0829 e. The van der Waals surface area contributed by atoms with Crippen molar-refractivity contribution >= 4 is 15.9 Å². The molecule has 0 spiro atoms. The van der Waals surface area contributed by atoms with E-state index >= 15 is 0 Å². The molecule has 1 unspecified atom stereocenters. The Morgan fingerprint density at radius 2 is 1.53 bits per heavy atom. The number of benzene rings is 2. The van der Waals surface area contributed by atoms with Gasteiger partial charge in [-0.05, 0) is 36.1 Å². The van der Waals surface area contributed by atoms with Crippen molar-refractivity contribution in [3.8, 4) is 0 Å². The number of alkyl halides is 1. The van der Waals surface area contributed by atoms with Gasteiger partial charge in [-0.2, -0.15) is 0 Å². The first-order valence-electron chi connectivity index (χ1n) is 6.69. The second-order valence-electron chi connectivity index (χ2n) is 5.79. The molecule has 0 saturated heterocycles. The molecule has 0 aliphatic rings. The summed E-state index contributed by atoms with van der Waals surface area (Å²) in [5.41, 5.74) is 5.46. The fraction of sp³-hybridized carbons (Fsp3) is 0.333. The first kappa shape index (κ1) is 14.3. The fourth-order valence-electron chi connectivity index (χ4n) is 2.35. The number of hydrogen-bond donors (Lipinski definition) is 0. The highest BCUT2D eigenvalue weighted by molar-refractivity contribution is 9.09. The summed E-state index contributed by atoms with van der Waals surface area (Å²) in [6.07, 6.45) is 0. The first-order chi connectivity index (χ1) is 8.93. The Balaban J connectivity index is 2.37. The van der Waals surface area contributed by atoms with Gasteiger partial charge >= 0.3 is 0 Å². The Morgan fingerprint density at radius 3 is 2.11 bits per heavy atom. The predicted octanol–water partition coefficient (Wildman–Crippen LogP) is 5.72. The van der Waals surface area contributed by atoms with Crippen LogP contribution in [0.3, 0.4) is 0 Å². The largest absolute Gasteiger partial charge is 0.0829 e. The Kier molecular flexibility index (Phi) is 4.15. The maximum atomic E-state index is 3.90. The molecule has 1 heteroatoms. The summed E-state index contributed by atoms with van der Waals surface area (Å²) >= 11 is 3.90. The van der Waals surface area contributed by atoms with E-state index < -0.39 is 0 Å². The van der Waals surface area contributed by atoms with E-state index in [1.165, 1.54) is 22.3 Å². The molecule has 2 aromatic carbocycles. The highest BCUT2D eigenvalue weighted by Gasteiger charge is 2.30. The molecule has 0 aliphatic carbocycles. The summed E-state index contributed by atoms with van der Waals surface area (Å²) in [6, 6.07) is 17.4. The van der Waals surface area contributed by atoms with Gasteiger partial charge in [0, 0.05) is 10.2 Å². The van der Waals surface area contributed by atoms with Gasteiger partial charge in [0.05, 0.1) is 0 Å². The van der Waals surface area contributed by atoms with Gasteiger partial charge < -0.3 is 0 Å². The maximum absolute atomic E-state index is 3.90. The molecule has 0 amide bonds. The zero-order chi connectivity index (χ0) is 14.0. The van der Waals surface area contributed by atoms with E-state index in [1.807, 2.05) is 0 Å². The van der Waals surface area contributed by atoms with Gasteiger partial charge in [-0.25, -0.2) is 0 Å². The number of rotatable bonds is 3. The van der Waals surface area contributed by atoms with Gasteiger partial charge in [0.25, 0.3) is 0 Å². The summed E-state index contributed by atoms with van der Waals surface area (Å²) in [5, 5.41) is 0. The van der Waals surface area contributed by atoms with Crippen molar-refractivity contribution < 1.29 is 0 Å². The molecule has 0 bridgehead atoms. The van der Waals surface area contributed by atoms with Crippen molar-refractivity contribution in [3.05, 3.63) is 70.8 Å². The molecule has 100 valence electrons. The second-order valence-corrected chi connectivity index (χ2v) is 6.71. The van der Waals surface area contributed by atoms with E-state index in [4.69, 9.17) is 0 Å². The van der Waals surface area contributed by atoms with Crippen molar-refractivity contribution in [2.24, 2.45) is 0 Å². The molecule has 0 N–H and O–H groups in total. The Hall–Kier alpha value is -1.08. The van der Waals surface area contributed by atoms with Crippen LogP contribution in [-0.4, -0.2) is 0 Å². The van der Waals surface area contributed by atoms with Crippen LogP contribution in [0.25, 0.3) is 0 Å². The third kappa shape index (κ3) is 2.92. The third-order valence-corrected chi connectivity index (χ3v) is 5.65. The fourth-order valence-corrected chi connectivity index (χ4v) is 2.90. The Morgan fingerprint density at radius 1 is 0.895 bits per heavy atom. The average molecular weight is 317 g/mol. The molecule has 1 atom stereocenters. The molecule has 0 aliphatic heterocycles. The number of hydrogen-bond acceptors (Lipinski definition) is 0. The summed E-state index contributed by atoms with van der Waals surface area (Å²) in [7, 11) is 0. The topological polar surface area (TPSA) is 0 Å². The summed E-state index contributed by atoms with van der Waals surface area (Å²) in [4.78, 5) is 0.307. The first-order valence-corrected chi connectivity index (χ1v) is 7.61. The zero-order valence-electron chi connectivity index (χ0n) is 12.1. The van der Waals surface area contributed by atoms with Crippen molar-refractivity contribution in [1.29, 1.82) is 0 Å². The van der Waals surface area contributed by atoms with Crippen LogP contribution in [0.15, 0.2) is 48.5 Å². The molecule has 0 radical (unpaired) electrons. The van der Waals surface area contributed by atoms with Crippen LogP contribution in [0.5, 0.6) is 0 Å². The molecule has 0 fully saturated rings. The standard InChI is InChI=1S/C18H21Br/c1-13-10-11-15(12-14(13)2)17(19)18(3,4)16-8-6-5-7-9-16/h5-12,17H,1-4H3. The van der Waals surface area contributed by atoms with E-state index in [0.29, 0.717) is 4.83 Å². The third-order valence-electron chi connectivity index (χ3n) is 3.98. The van der Waals surface area contributed by atoms with Crippen molar-refractivity contribution in [1.82, 2.24) is 0 Å². The van der Waals surface area contributed by atoms with E-state index in [0.717, 1.165) is 0 Å². The van der Waals surface area contributed by atoms with Crippen LogP contribution in [-0.2, 0) is 5.41 Å². The summed E-state index contributed by atoms with van der Waals surface area (Å²) < 4.78 is 0. The Bertz CT molecular complexity index is 555. The van der Waals surface area contributed by atoms with Gasteiger partial charge in [-0.1, -0.05) is 78.3 Å². The van der Waals surface area contributed by atoms with Gasteiger partial charge in [0.1, 0.15) is 0 Å². The molecule has 0 saturated carbocycles. The number of aryl methyl sites for hydroxylation is 2. The zero-order valence-corrected chi connectivity index (χ0v) is 13.7. The van der Waals surface area contributed by atoms with E-state index in [9.17, 15) is 0 Å². The summed E-state index contributed by atoms with van der Waals surface area (Å²) in [6.45, 7) is 8.91. The normalized spacial score (nSPS) is 13.3. The lowest BCUT2D eigenvalue weighted by Crippen LogP contribution is -2.23. The van der Waals surface area contributed by atoms with Crippen molar-refractivity contribution in [3.63, 3.8) is 0 Å². The van der Waals surface area contributed by atoms with E-state index in [1.54, 1.807) is 0 Å². The average Bonchev–Trinajstić information content (AvgIpc) is 2.42. The molecule has 0 aromatic heterocycles. The molecule has 19 heavy (non-hydrogen) atoms. The quantitative estimate of drug-likeness (QED) is 0.635. The van der Waals surface area contributed by atoms with Crippen LogP contribution >= 0.6 is 15.9 Å². The van der Waals surface area contributed by atoms with Crippen LogP contribution in [0.4, 0.5) is 0 Å². The molecular formula is C18H21Br. The lowest BCUT2D eigenvalue weighted by atomic mass is 9.79. The smallest absolute Gasteiger partial charge is 0.0486 e. The molecule has 0 heterocycles.